The molecule has 6 nitrogen and oxygen atoms in total. The zero-order valence-electron chi connectivity index (χ0n) is 15.0. The summed E-state index contributed by atoms with van der Waals surface area (Å²) in [5.74, 6) is -1.30. The largest absolute Gasteiger partial charge is 0.439 e. The number of rotatable bonds is 6. The van der Waals surface area contributed by atoms with Gasteiger partial charge in [0.15, 0.2) is 0 Å². The second kappa shape index (κ2) is 8.93. The molecule has 0 aliphatic rings. The van der Waals surface area contributed by atoms with E-state index in [9.17, 15) is 9.59 Å². The molecule has 2 aromatic heterocycles. The first-order valence-corrected chi connectivity index (χ1v) is 10.5. The summed E-state index contributed by atoms with van der Waals surface area (Å²) in [5, 5.41) is 1.61. The first-order valence-electron chi connectivity index (χ1n) is 8.57. The smallest absolute Gasteiger partial charge is 0.416 e. The van der Waals surface area contributed by atoms with E-state index >= 15 is 0 Å². The van der Waals surface area contributed by atoms with Crippen LogP contribution in [-0.4, -0.2) is 15.1 Å². The molecular formula is C21H14N2O4S2. The lowest BCUT2D eigenvalue weighted by Gasteiger charge is -2.08. The SMILES string of the molecule is O=c1nc(SCSc2nc(=O)occ2-c2ccccc2)c(-c2ccccc2)co1. The molecule has 8 heteroatoms. The van der Waals surface area contributed by atoms with Gasteiger partial charge in [-0.25, -0.2) is 9.59 Å². The molecule has 2 heterocycles. The Morgan fingerprint density at radius 1 is 0.655 bits per heavy atom. The summed E-state index contributed by atoms with van der Waals surface area (Å²) >= 11 is 2.76. The molecule has 0 fully saturated rings. The summed E-state index contributed by atoms with van der Waals surface area (Å²) in [6.07, 6.45) is 2.84. The molecule has 144 valence electrons. The Morgan fingerprint density at radius 2 is 1.07 bits per heavy atom. The molecule has 0 amide bonds. The maximum atomic E-state index is 11.6. The Bertz CT molecular complexity index is 1130. The van der Waals surface area contributed by atoms with E-state index in [1.165, 1.54) is 36.1 Å². The van der Waals surface area contributed by atoms with Crippen molar-refractivity contribution in [3.63, 3.8) is 0 Å². The molecule has 0 saturated heterocycles. The fourth-order valence-corrected chi connectivity index (χ4v) is 4.69. The first kappa shape index (κ1) is 19.2. The molecular weight excluding hydrogens is 408 g/mol. The Hall–Kier alpha value is -3.10. The molecule has 0 spiro atoms. The average Bonchev–Trinajstić information content (AvgIpc) is 2.75. The Labute approximate surface area is 174 Å². The van der Waals surface area contributed by atoms with E-state index in [1.807, 2.05) is 60.7 Å². The van der Waals surface area contributed by atoms with Crippen LogP contribution in [0.15, 0.2) is 102 Å². The lowest BCUT2D eigenvalue weighted by atomic mass is 10.1. The summed E-state index contributed by atoms with van der Waals surface area (Å²) in [7, 11) is 0. The van der Waals surface area contributed by atoms with Crippen LogP contribution in [0.1, 0.15) is 0 Å². The zero-order chi connectivity index (χ0) is 20.1. The molecule has 29 heavy (non-hydrogen) atoms. The molecule has 0 aliphatic heterocycles. The van der Waals surface area contributed by atoms with Crippen LogP contribution in [0, 0.1) is 0 Å². The quantitative estimate of drug-likeness (QED) is 0.330. The van der Waals surface area contributed by atoms with Crippen LogP contribution >= 0.6 is 23.5 Å². The van der Waals surface area contributed by atoms with E-state index < -0.39 is 11.5 Å². The highest BCUT2D eigenvalue weighted by Gasteiger charge is 2.13. The van der Waals surface area contributed by atoms with Gasteiger partial charge in [0.25, 0.3) is 0 Å². The molecule has 0 radical (unpaired) electrons. The van der Waals surface area contributed by atoms with E-state index in [-0.39, 0.29) is 0 Å². The third-order valence-corrected chi connectivity index (χ3v) is 6.07. The summed E-state index contributed by atoms with van der Waals surface area (Å²) in [5.41, 5.74) is 3.28. The van der Waals surface area contributed by atoms with Gasteiger partial charge in [-0.05, 0) is 11.1 Å². The first-order chi connectivity index (χ1) is 14.2. The van der Waals surface area contributed by atoms with Crippen LogP contribution in [0.3, 0.4) is 0 Å². The van der Waals surface area contributed by atoms with Gasteiger partial charge < -0.3 is 8.83 Å². The zero-order valence-corrected chi connectivity index (χ0v) is 16.6. The standard InChI is InChI=1S/C21H14N2O4S2/c24-20-22-18(16(11-26-20)14-7-3-1-4-8-14)28-13-29-19-17(12-27-21(25)23-19)15-9-5-2-6-10-15/h1-12H,13H2. The van der Waals surface area contributed by atoms with Gasteiger partial charge in [-0.3, -0.25) is 0 Å². The Balaban J connectivity index is 1.58. The van der Waals surface area contributed by atoms with Crippen molar-refractivity contribution in [1.29, 1.82) is 0 Å². The topological polar surface area (TPSA) is 86.2 Å². The summed E-state index contributed by atoms with van der Waals surface area (Å²) in [4.78, 5) is 31.3. The van der Waals surface area contributed by atoms with Crippen molar-refractivity contribution >= 4 is 23.5 Å². The van der Waals surface area contributed by atoms with Crippen LogP contribution in [0.2, 0.25) is 0 Å². The van der Waals surface area contributed by atoms with Gasteiger partial charge >= 0.3 is 11.5 Å². The number of nitrogens with zero attached hydrogens (tertiary/aromatic N) is 2. The molecule has 0 saturated carbocycles. The molecule has 4 rings (SSSR count). The van der Waals surface area contributed by atoms with Crippen molar-refractivity contribution in [3.8, 4) is 22.3 Å². The minimum atomic E-state index is -0.652. The van der Waals surface area contributed by atoms with Gasteiger partial charge in [-0.1, -0.05) is 84.2 Å². The van der Waals surface area contributed by atoms with Crippen molar-refractivity contribution in [3.05, 3.63) is 94.3 Å². The maximum absolute atomic E-state index is 11.6. The van der Waals surface area contributed by atoms with Crippen LogP contribution in [0.4, 0.5) is 0 Å². The number of hydrogen-bond donors (Lipinski definition) is 0. The molecule has 2 aromatic carbocycles. The Morgan fingerprint density at radius 3 is 1.48 bits per heavy atom. The van der Waals surface area contributed by atoms with Crippen LogP contribution in [0.25, 0.3) is 22.3 Å². The highest BCUT2D eigenvalue weighted by Crippen LogP contribution is 2.35. The van der Waals surface area contributed by atoms with Crippen LogP contribution in [-0.2, 0) is 0 Å². The number of aromatic nitrogens is 2. The molecule has 0 aliphatic carbocycles. The minimum Gasteiger partial charge on any atom is -0.416 e. The molecule has 4 aromatic rings. The van der Waals surface area contributed by atoms with Crippen LogP contribution in [0.5, 0.6) is 0 Å². The molecule has 0 bridgehead atoms. The maximum Gasteiger partial charge on any atom is 0.439 e. The van der Waals surface area contributed by atoms with Crippen molar-refractivity contribution in [2.75, 3.05) is 5.08 Å². The van der Waals surface area contributed by atoms with Crippen molar-refractivity contribution in [2.45, 2.75) is 10.1 Å². The highest BCUT2D eigenvalue weighted by molar-refractivity contribution is 8.16. The van der Waals surface area contributed by atoms with Gasteiger partial charge in [0, 0.05) is 11.1 Å². The van der Waals surface area contributed by atoms with Gasteiger partial charge in [-0.2, -0.15) is 9.97 Å². The lowest BCUT2D eigenvalue weighted by Crippen LogP contribution is -2.06. The fourth-order valence-electron chi connectivity index (χ4n) is 2.64. The van der Waals surface area contributed by atoms with Crippen molar-refractivity contribution in [1.82, 2.24) is 9.97 Å². The van der Waals surface area contributed by atoms with E-state index in [1.54, 1.807) is 0 Å². The normalized spacial score (nSPS) is 10.8. The van der Waals surface area contributed by atoms with Crippen LogP contribution < -0.4 is 11.5 Å². The van der Waals surface area contributed by atoms with Gasteiger partial charge in [-0.15, -0.1) is 0 Å². The third-order valence-electron chi connectivity index (χ3n) is 3.96. The van der Waals surface area contributed by atoms with Gasteiger partial charge in [0.2, 0.25) is 0 Å². The second-order valence-corrected chi connectivity index (χ2v) is 8.10. The predicted molar refractivity (Wildman–Crippen MR) is 113 cm³/mol. The van der Waals surface area contributed by atoms with Crippen molar-refractivity contribution in [2.24, 2.45) is 0 Å². The van der Waals surface area contributed by atoms with E-state index in [0.717, 1.165) is 22.3 Å². The third kappa shape index (κ3) is 4.67. The van der Waals surface area contributed by atoms with Gasteiger partial charge in [0.05, 0.1) is 5.08 Å². The van der Waals surface area contributed by atoms with Gasteiger partial charge in [0.1, 0.15) is 22.6 Å². The molecule has 0 N–H and O–H groups in total. The summed E-state index contributed by atoms with van der Waals surface area (Å²) in [6, 6.07) is 19.1. The van der Waals surface area contributed by atoms with E-state index in [0.29, 0.717) is 15.1 Å². The monoisotopic (exact) mass is 422 g/mol. The Kier molecular flexibility index (Phi) is 5.92. The number of benzene rings is 2. The summed E-state index contributed by atoms with van der Waals surface area (Å²) in [6.45, 7) is 0. The minimum absolute atomic E-state index is 0.493. The number of thioether (sulfide) groups is 2. The fraction of sp³-hybridized carbons (Fsp3) is 0.0476. The van der Waals surface area contributed by atoms with E-state index in [2.05, 4.69) is 9.97 Å². The lowest BCUT2D eigenvalue weighted by molar-refractivity contribution is 0.476. The van der Waals surface area contributed by atoms with E-state index in [4.69, 9.17) is 8.83 Å². The number of hydrogen-bond acceptors (Lipinski definition) is 8. The predicted octanol–water partition coefficient (Wildman–Crippen LogP) is 4.56. The summed E-state index contributed by atoms with van der Waals surface area (Å²) < 4.78 is 9.92. The average molecular weight is 422 g/mol. The molecule has 0 unspecified atom stereocenters. The van der Waals surface area contributed by atoms with Crippen molar-refractivity contribution < 1.29 is 8.83 Å². The highest BCUT2D eigenvalue weighted by atomic mass is 32.2. The molecule has 0 atom stereocenters. The second-order valence-electron chi connectivity index (χ2n) is 5.80.